The van der Waals surface area contributed by atoms with Gasteiger partial charge in [0, 0.05) is 19.3 Å². The van der Waals surface area contributed by atoms with Crippen LogP contribution in [0, 0.1) is 0 Å². The van der Waals surface area contributed by atoms with Crippen molar-refractivity contribution < 1.29 is 28.6 Å². The number of allylic oxidation sites excluding steroid dienone is 10. The lowest BCUT2D eigenvalue weighted by Crippen LogP contribution is -2.30. The molecule has 0 saturated heterocycles. The van der Waals surface area contributed by atoms with Gasteiger partial charge < -0.3 is 14.2 Å². The molecule has 0 aromatic carbocycles. The zero-order valence-corrected chi connectivity index (χ0v) is 52.2. The van der Waals surface area contributed by atoms with Crippen molar-refractivity contribution in [2.75, 3.05) is 13.2 Å². The van der Waals surface area contributed by atoms with Crippen molar-refractivity contribution in [3.8, 4) is 0 Å². The predicted molar refractivity (Wildman–Crippen MR) is 339 cm³/mol. The molecular formula is C72H130O6. The Bertz CT molecular complexity index is 1390. The Morgan fingerprint density at radius 2 is 0.500 bits per heavy atom. The minimum absolute atomic E-state index is 0.0720. The van der Waals surface area contributed by atoms with Gasteiger partial charge in [0.15, 0.2) is 6.10 Å². The Morgan fingerprint density at radius 3 is 0.782 bits per heavy atom. The highest BCUT2D eigenvalue weighted by molar-refractivity contribution is 5.71. The van der Waals surface area contributed by atoms with Gasteiger partial charge in [-0.25, -0.2) is 0 Å². The summed E-state index contributed by atoms with van der Waals surface area (Å²) in [5.41, 5.74) is 0. The maximum atomic E-state index is 12.9. The van der Waals surface area contributed by atoms with Crippen LogP contribution in [0.3, 0.4) is 0 Å². The van der Waals surface area contributed by atoms with Crippen LogP contribution < -0.4 is 0 Å². The molecule has 0 radical (unpaired) electrons. The van der Waals surface area contributed by atoms with Crippen LogP contribution in [-0.2, 0) is 28.6 Å². The topological polar surface area (TPSA) is 78.9 Å². The van der Waals surface area contributed by atoms with E-state index in [9.17, 15) is 14.4 Å². The molecule has 0 aromatic rings. The van der Waals surface area contributed by atoms with Crippen molar-refractivity contribution in [1.82, 2.24) is 0 Å². The number of unbranched alkanes of at least 4 members (excludes halogenated alkanes) is 42. The minimum Gasteiger partial charge on any atom is -0.462 e. The van der Waals surface area contributed by atoms with Gasteiger partial charge >= 0.3 is 17.9 Å². The first-order chi connectivity index (χ1) is 38.5. The van der Waals surface area contributed by atoms with Crippen LogP contribution in [0.15, 0.2) is 60.8 Å². The summed E-state index contributed by atoms with van der Waals surface area (Å²) in [7, 11) is 0. The molecule has 6 heteroatoms. The number of rotatable bonds is 63. The quantitative estimate of drug-likeness (QED) is 0.0261. The van der Waals surface area contributed by atoms with Gasteiger partial charge in [0.05, 0.1) is 0 Å². The third-order valence-corrected chi connectivity index (χ3v) is 15.3. The third-order valence-electron chi connectivity index (χ3n) is 15.3. The standard InChI is InChI=1S/C72H130O6/c1-4-7-10-13-16-19-21-23-25-27-29-31-33-35-36-38-39-41-43-45-47-49-51-53-56-59-62-65-71(74)77-68-69(67-76-70(73)64-61-58-55-18-15-12-9-6-3)78-72(75)66-63-60-57-54-52-50-48-46-44-42-40-37-34-32-30-28-26-24-22-20-17-14-11-8-5-2/h8,11,17,20,24,26,30,32,37,40,69H,4-7,9-10,12-16,18-19,21-23,25,27-29,31,33-36,38-39,41-68H2,1-3H3/b11-8-,20-17-,26-24-,32-30-,40-37-. The minimum atomic E-state index is -0.774. The van der Waals surface area contributed by atoms with Crippen LogP contribution in [0.1, 0.15) is 361 Å². The fourth-order valence-corrected chi connectivity index (χ4v) is 10.2. The molecule has 0 rings (SSSR count). The largest absolute Gasteiger partial charge is 0.462 e. The fraction of sp³-hybridized carbons (Fsp3) is 0.819. The van der Waals surface area contributed by atoms with E-state index in [-0.39, 0.29) is 31.1 Å². The average molecular weight is 1090 g/mol. The molecule has 0 amide bonds. The zero-order valence-electron chi connectivity index (χ0n) is 52.2. The van der Waals surface area contributed by atoms with E-state index >= 15 is 0 Å². The van der Waals surface area contributed by atoms with E-state index in [4.69, 9.17) is 14.2 Å². The summed E-state index contributed by atoms with van der Waals surface area (Å²) in [4.78, 5) is 38.2. The molecule has 0 N–H and O–H groups in total. The monoisotopic (exact) mass is 1090 g/mol. The molecule has 0 spiro atoms. The predicted octanol–water partition coefficient (Wildman–Crippen LogP) is 23.5. The molecule has 1 unspecified atom stereocenters. The maximum absolute atomic E-state index is 12.9. The van der Waals surface area contributed by atoms with Crippen molar-refractivity contribution in [2.24, 2.45) is 0 Å². The molecule has 0 heterocycles. The SMILES string of the molecule is CC/C=C\C/C=C\C/C=C\C/C=C\C/C=C\CCCCCCCCCCCC(=O)OC(COC(=O)CCCCCCCCCC)COC(=O)CCCCCCCCCCCCCCCCCCCCCCCCCCCCC. The first-order valence-corrected chi connectivity index (χ1v) is 34.3. The van der Waals surface area contributed by atoms with E-state index in [2.05, 4.69) is 81.5 Å². The second kappa shape index (κ2) is 66.6. The molecule has 0 bridgehead atoms. The number of hydrogen-bond donors (Lipinski definition) is 0. The van der Waals surface area contributed by atoms with Gasteiger partial charge in [0.2, 0.25) is 0 Å². The van der Waals surface area contributed by atoms with Crippen molar-refractivity contribution in [2.45, 2.75) is 367 Å². The van der Waals surface area contributed by atoms with E-state index in [0.717, 1.165) is 96.3 Å². The van der Waals surface area contributed by atoms with E-state index in [1.807, 2.05) is 0 Å². The average Bonchev–Trinajstić information content (AvgIpc) is 3.44. The highest BCUT2D eigenvalue weighted by atomic mass is 16.6. The normalized spacial score (nSPS) is 12.4. The van der Waals surface area contributed by atoms with Gasteiger partial charge in [-0.05, 0) is 64.2 Å². The Morgan fingerprint density at radius 1 is 0.269 bits per heavy atom. The van der Waals surface area contributed by atoms with Gasteiger partial charge in [0.25, 0.3) is 0 Å². The second-order valence-electron chi connectivity index (χ2n) is 23.1. The first-order valence-electron chi connectivity index (χ1n) is 34.3. The Balaban J connectivity index is 4.11. The fourth-order valence-electron chi connectivity index (χ4n) is 10.2. The van der Waals surface area contributed by atoms with Crippen molar-refractivity contribution in [3.05, 3.63) is 60.8 Å². The van der Waals surface area contributed by atoms with Crippen molar-refractivity contribution in [3.63, 3.8) is 0 Å². The summed E-state index contributed by atoms with van der Waals surface area (Å²) >= 11 is 0. The Hall–Kier alpha value is -2.89. The highest BCUT2D eigenvalue weighted by Crippen LogP contribution is 2.18. The van der Waals surface area contributed by atoms with Gasteiger partial charge in [-0.15, -0.1) is 0 Å². The number of ether oxygens (including phenoxy) is 3. The summed E-state index contributed by atoms with van der Waals surface area (Å²) in [6.45, 7) is 6.55. The molecule has 78 heavy (non-hydrogen) atoms. The van der Waals surface area contributed by atoms with Crippen LogP contribution in [-0.4, -0.2) is 37.2 Å². The Labute approximate surface area is 485 Å². The summed E-state index contributed by atoms with van der Waals surface area (Å²) in [5.74, 6) is -0.862. The number of esters is 3. The van der Waals surface area contributed by atoms with Crippen LogP contribution in [0.2, 0.25) is 0 Å². The van der Waals surface area contributed by atoms with E-state index in [1.165, 1.54) is 225 Å². The summed E-state index contributed by atoms with van der Waals surface area (Å²) in [6.07, 6.45) is 85.5. The van der Waals surface area contributed by atoms with E-state index in [1.54, 1.807) is 0 Å². The van der Waals surface area contributed by atoms with Gasteiger partial charge in [-0.2, -0.15) is 0 Å². The van der Waals surface area contributed by atoms with Crippen LogP contribution in [0.4, 0.5) is 0 Å². The van der Waals surface area contributed by atoms with Gasteiger partial charge in [-0.1, -0.05) is 338 Å². The zero-order chi connectivity index (χ0) is 56.4. The lowest BCUT2D eigenvalue weighted by atomic mass is 10.0. The molecule has 0 saturated carbocycles. The molecule has 1 atom stereocenters. The summed E-state index contributed by atoms with van der Waals surface area (Å²) in [5, 5.41) is 0. The van der Waals surface area contributed by atoms with Crippen molar-refractivity contribution in [1.29, 1.82) is 0 Å². The number of hydrogen-bond acceptors (Lipinski definition) is 6. The smallest absolute Gasteiger partial charge is 0.306 e. The van der Waals surface area contributed by atoms with Crippen molar-refractivity contribution >= 4 is 17.9 Å². The molecule has 6 nitrogen and oxygen atoms in total. The Kier molecular flexibility index (Phi) is 64.2. The molecule has 0 aromatic heterocycles. The summed E-state index contributed by atoms with van der Waals surface area (Å²) < 4.78 is 16.9. The lowest BCUT2D eigenvalue weighted by Gasteiger charge is -2.18. The molecule has 0 aliphatic rings. The van der Waals surface area contributed by atoms with E-state index in [0.29, 0.717) is 19.3 Å². The van der Waals surface area contributed by atoms with Crippen LogP contribution in [0.25, 0.3) is 0 Å². The molecule has 0 aliphatic heterocycles. The molecular weight excluding hydrogens is 961 g/mol. The van der Waals surface area contributed by atoms with Gasteiger partial charge in [0.1, 0.15) is 13.2 Å². The molecule has 0 aliphatic carbocycles. The second-order valence-corrected chi connectivity index (χ2v) is 23.1. The molecule has 454 valence electrons. The maximum Gasteiger partial charge on any atom is 0.306 e. The molecule has 0 fully saturated rings. The summed E-state index contributed by atoms with van der Waals surface area (Å²) in [6, 6.07) is 0. The highest BCUT2D eigenvalue weighted by Gasteiger charge is 2.19. The first kappa shape index (κ1) is 75.1. The lowest BCUT2D eigenvalue weighted by molar-refractivity contribution is -0.167. The number of carbonyl (C=O) groups is 3. The van der Waals surface area contributed by atoms with Crippen LogP contribution in [0.5, 0.6) is 0 Å². The third kappa shape index (κ3) is 63.9. The van der Waals surface area contributed by atoms with Crippen LogP contribution >= 0.6 is 0 Å². The number of carbonyl (C=O) groups excluding carboxylic acids is 3. The van der Waals surface area contributed by atoms with Gasteiger partial charge in [-0.3, -0.25) is 14.4 Å². The van der Waals surface area contributed by atoms with E-state index < -0.39 is 6.10 Å².